The van der Waals surface area contributed by atoms with E-state index >= 15 is 0 Å². The summed E-state index contributed by atoms with van der Waals surface area (Å²) in [6, 6.07) is 23.7. The van der Waals surface area contributed by atoms with Gasteiger partial charge in [0, 0.05) is 68.4 Å². The molecule has 1 aromatic heterocycles. The zero-order chi connectivity index (χ0) is 31.3. The van der Waals surface area contributed by atoms with E-state index in [1.807, 2.05) is 52.0 Å². The van der Waals surface area contributed by atoms with E-state index in [0.717, 1.165) is 23.4 Å². The van der Waals surface area contributed by atoms with Crippen LogP contribution in [-0.4, -0.2) is 74.6 Å². The highest BCUT2D eigenvalue weighted by molar-refractivity contribution is 6.30. The Hall–Kier alpha value is -4.21. The fraction of sp³-hybridized carbons (Fsp3) is 0.371. The minimum Gasteiger partial charge on any atom is -0.368 e. The number of fused-ring (bicyclic) bond motifs is 1. The maximum absolute atomic E-state index is 14.1. The number of nitrogens with zero attached hydrogens (tertiary/aromatic N) is 6. The molecule has 1 saturated heterocycles. The third-order valence-electron chi connectivity index (χ3n) is 8.92. The van der Waals surface area contributed by atoms with Gasteiger partial charge in [0.1, 0.15) is 18.7 Å². The zero-order valence-electron chi connectivity index (χ0n) is 25.8. The van der Waals surface area contributed by atoms with Crippen LogP contribution in [0.4, 0.5) is 5.69 Å². The number of para-hydroxylation sites is 1. The lowest BCUT2D eigenvalue weighted by Gasteiger charge is -2.38. The summed E-state index contributed by atoms with van der Waals surface area (Å²) >= 11 is 6.15. The van der Waals surface area contributed by atoms with Gasteiger partial charge < -0.3 is 15.1 Å². The number of carbonyl (C=O) groups is 2. The Morgan fingerprint density at radius 1 is 0.956 bits per heavy atom. The second kappa shape index (κ2) is 13.8. The number of piperazine rings is 1. The smallest absolute Gasteiger partial charge is 0.245 e. The highest BCUT2D eigenvalue weighted by Gasteiger charge is 2.35. The monoisotopic (exact) mass is 625 g/mol. The van der Waals surface area contributed by atoms with Crippen LogP contribution in [0, 0.1) is 0 Å². The van der Waals surface area contributed by atoms with Crippen LogP contribution in [-0.2, 0) is 29.1 Å². The molecule has 0 saturated carbocycles. The first-order valence-corrected chi connectivity index (χ1v) is 16.0. The van der Waals surface area contributed by atoms with Gasteiger partial charge in [0.25, 0.3) is 0 Å². The molecule has 10 heteroatoms. The van der Waals surface area contributed by atoms with E-state index in [1.165, 1.54) is 11.1 Å². The molecule has 0 aliphatic carbocycles. The van der Waals surface area contributed by atoms with Gasteiger partial charge >= 0.3 is 0 Å². The summed E-state index contributed by atoms with van der Waals surface area (Å²) in [5.41, 5.74) is 5.70. The molecule has 0 spiro atoms. The van der Waals surface area contributed by atoms with Crippen molar-refractivity contribution >= 4 is 29.1 Å². The Balaban J connectivity index is 1.15. The first kappa shape index (κ1) is 30.8. The number of rotatable bonds is 10. The van der Waals surface area contributed by atoms with Gasteiger partial charge in [-0.2, -0.15) is 5.10 Å². The molecular formula is C35H40ClN7O2. The van der Waals surface area contributed by atoms with Crippen LogP contribution >= 0.6 is 11.6 Å². The summed E-state index contributed by atoms with van der Waals surface area (Å²) in [5, 5.41) is 8.05. The zero-order valence-corrected chi connectivity index (χ0v) is 26.6. The molecule has 4 aromatic rings. The Morgan fingerprint density at radius 2 is 1.69 bits per heavy atom. The van der Waals surface area contributed by atoms with Gasteiger partial charge in [-0.05, 0) is 54.3 Å². The highest BCUT2D eigenvalue weighted by Crippen LogP contribution is 2.37. The summed E-state index contributed by atoms with van der Waals surface area (Å²) in [5.74, 6) is -0.170. The highest BCUT2D eigenvalue weighted by atomic mass is 35.5. The molecule has 1 N–H and O–H groups in total. The van der Waals surface area contributed by atoms with Gasteiger partial charge in [-0.1, -0.05) is 66.2 Å². The van der Waals surface area contributed by atoms with Gasteiger partial charge in [-0.3, -0.25) is 14.5 Å². The first-order chi connectivity index (χ1) is 21.9. The van der Waals surface area contributed by atoms with E-state index in [1.54, 1.807) is 12.7 Å². The third-order valence-corrected chi connectivity index (χ3v) is 9.17. The summed E-state index contributed by atoms with van der Waals surface area (Å²) < 4.78 is 1.81. The first-order valence-electron chi connectivity index (χ1n) is 15.7. The van der Waals surface area contributed by atoms with Crippen molar-refractivity contribution in [3.63, 3.8) is 0 Å². The summed E-state index contributed by atoms with van der Waals surface area (Å²) in [6.07, 6.45) is 3.96. The number of benzene rings is 3. The Kier molecular flexibility index (Phi) is 9.47. The number of aromatic nitrogens is 3. The number of nitrogens with one attached hydrogen (secondary N) is 1. The van der Waals surface area contributed by atoms with E-state index in [0.29, 0.717) is 56.6 Å². The molecule has 45 heavy (non-hydrogen) atoms. The minimum atomic E-state index is -0.672. The van der Waals surface area contributed by atoms with Gasteiger partial charge in [0.15, 0.2) is 0 Å². The van der Waals surface area contributed by atoms with E-state index in [2.05, 4.69) is 69.4 Å². The predicted octanol–water partition coefficient (Wildman–Crippen LogP) is 4.71. The Bertz CT molecular complexity index is 1600. The lowest BCUT2D eigenvalue weighted by Crippen LogP contribution is -2.56. The van der Waals surface area contributed by atoms with Crippen molar-refractivity contribution in [3.8, 4) is 0 Å². The van der Waals surface area contributed by atoms with Crippen LogP contribution in [0.2, 0.25) is 5.02 Å². The Morgan fingerprint density at radius 3 is 2.42 bits per heavy atom. The quantitative estimate of drug-likeness (QED) is 0.275. The number of amides is 2. The number of anilines is 1. The third kappa shape index (κ3) is 7.21. The second-order valence-electron chi connectivity index (χ2n) is 12.2. The molecule has 1 fully saturated rings. The average molecular weight is 626 g/mol. The van der Waals surface area contributed by atoms with E-state index < -0.39 is 6.04 Å². The molecule has 2 amide bonds. The SMILES string of the molecule is CC(C)N1Cc2ccccc2[C@H]1CC(=O)NC(Cc1ccc(Cl)cc1)C(=O)N1CCN(c2ccccc2Cn2cncn2)CC1. The number of carbonyl (C=O) groups excluding carboxylic acids is 2. The van der Waals surface area contributed by atoms with Crippen LogP contribution in [0.15, 0.2) is 85.5 Å². The van der Waals surface area contributed by atoms with Gasteiger partial charge in [0.05, 0.1) is 6.54 Å². The van der Waals surface area contributed by atoms with Crippen molar-refractivity contribution in [1.29, 1.82) is 0 Å². The number of hydrogen-bond donors (Lipinski definition) is 1. The fourth-order valence-corrected chi connectivity index (χ4v) is 6.70. The van der Waals surface area contributed by atoms with Gasteiger partial charge in [0.2, 0.25) is 11.8 Å². The summed E-state index contributed by atoms with van der Waals surface area (Å²) in [4.78, 5) is 38.4. The molecule has 0 radical (unpaired) electrons. The normalized spacial score (nSPS) is 17.4. The molecule has 2 aliphatic rings. The second-order valence-corrected chi connectivity index (χ2v) is 12.6. The number of hydrogen-bond acceptors (Lipinski definition) is 6. The van der Waals surface area contributed by atoms with Crippen LogP contribution in [0.25, 0.3) is 0 Å². The Labute approximate surface area is 269 Å². The van der Waals surface area contributed by atoms with Gasteiger partial charge in [-0.25, -0.2) is 9.67 Å². The molecule has 9 nitrogen and oxygen atoms in total. The van der Waals surface area contributed by atoms with Crippen LogP contribution < -0.4 is 10.2 Å². The van der Waals surface area contributed by atoms with Crippen molar-refractivity contribution in [2.24, 2.45) is 0 Å². The van der Waals surface area contributed by atoms with Crippen molar-refractivity contribution in [3.05, 3.63) is 113 Å². The van der Waals surface area contributed by atoms with E-state index in [9.17, 15) is 9.59 Å². The molecule has 2 atom stereocenters. The fourth-order valence-electron chi connectivity index (χ4n) is 6.57. The molecule has 2 aliphatic heterocycles. The van der Waals surface area contributed by atoms with Crippen LogP contribution in [0.1, 0.15) is 48.6 Å². The molecule has 3 heterocycles. The lowest BCUT2D eigenvalue weighted by atomic mass is 10.0. The maximum Gasteiger partial charge on any atom is 0.245 e. The van der Waals surface area contributed by atoms with Crippen molar-refractivity contribution < 1.29 is 9.59 Å². The van der Waals surface area contributed by atoms with Gasteiger partial charge in [-0.15, -0.1) is 0 Å². The topological polar surface area (TPSA) is 86.6 Å². The minimum absolute atomic E-state index is 0.0198. The predicted molar refractivity (Wildman–Crippen MR) is 176 cm³/mol. The standard InChI is InChI=1S/C35H40ClN7O2/c1-25(2)43-22-27-7-3-5-9-30(27)33(43)20-34(44)39-31(19-26-11-13-29(36)14-12-26)35(45)41-17-15-40(16-18-41)32-10-6-4-8-28(32)21-42-24-37-23-38-42/h3-14,23-25,31,33H,15-22H2,1-2H3,(H,39,44)/t31?,33-/m1/s1. The molecule has 234 valence electrons. The van der Waals surface area contributed by atoms with Crippen LogP contribution in [0.3, 0.4) is 0 Å². The number of halogens is 1. The van der Waals surface area contributed by atoms with E-state index in [4.69, 9.17) is 11.6 Å². The molecule has 3 aromatic carbocycles. The molecule has 6 rings (SSSR count). The lowest BCUT2D eigenvalue weighted by molar-refractivity contribution is -0.137. The largest absolute Gasteiger partial charge is 0.368 e. The van der Waals surface area contributed by atoms with Crippen LogP contribution in [0.5, 0.6) is 0 Å². The maximum atomic E-state index is 14.1. The average Bonchev–Trinajstić information content (AvgIpc) is 3.70. The summed E-state index contributed by atoms with van der Waals surface area (Å²) in [7, 11) is 0. The van der Waals surface area contributed by atoms with Crippen molar-refractivity contribution in [2.75, 3.05) is 31.1 Å². The van der Waals surface area contributed by atoms with E-state index in [-0.39, 0.29) is 17.9 Å². The van der Waals surface area contributed by atoms with Crippen molar-refractivity contribution in [2.45, 2.75) is 57.9 Å². The molecular weight excluding hydrogens is 586 g/mol. The molecule has 1 unspecified atom stereocenters. The summed E-state index contributed by atoms with van der Waals surface area (Å²) in [6.45, 7) is 8.32. The molecule has 0 bridgehead atoms. The van der Waals surface area contributed by atoms with Crippen molar-refractivity contribution in [1.82, 2.24) is 29.9 Å².